The Morgan fingerprint density at radius 3 is 2.77 bits per heavy atom. The average molecular weight is 336 g/mol. The lowest BCUT2D eigenvalue weighted by Crippen LogP contribution is -2.46. The topological polar surface area (TPSA) is 40.5 Å². The molecule has 3 nitrogen and oxygen atoms in total. The van der Waals surface area contributed by atoms with Crippen molar-refractivity contribution in [2.45, 2.75) is 31.3 Å². The lowest BCUT2D eigenvalue weighted by molar-refractivity contribution is -0.145. The quantitative estimate of drug-likeness (QED) is 0.898. The van der Waals surface area contributed by atoms with Gasteiger partial charge in [-0.3, -0.25) is 9.69 Å². The van der Waals surface area contributed by atoms with E-state index in [4.69, 9.17) is 11.6 Å². The summed E-state index contributed by atoms with van der Waals surface area (Å²) >= 11 is 8.06. The fourth-order valence-electron chi connectivity index (χ4n) is 3.17. The van der Waals surface area contributed by atoms with Gasteiger partial charge >= 0.3 is 5.97 Å². The Morgan fingerprint density at radius 1 is 1.27 bits per heavy atom. The number of carboxylic acid groups (broad SMARTS) is 1. The van der Waals surface area contributed by atoms with Crippen LogP contribution < -0.4 is 0 Å². The molecule has 3 rings (SSSR count). The van der Waals surface area contributed by atoms with E-state index in [1.807, 2.05) is 35.7 Å². The maximum atomic E-state index is 11.7. The lowest BCUT2D eigenvalue weighted by atomic mass is 9.95. The standard InChI is InChI=1S/C17H18ClNO2S/c18-13-7-2-1-6-12(13)16(15-9-5-11-22-15)19-10-4-3-8-14(19)17(20)21/h1-2,5-7,9,11,14,16H,3-4,8,10H2,(H,20,21). The van der Waals surface area contributed by atoms with Crippen LogP contribution in [0.15, 0.2) is 41.8 Å². The van der Waals surface area contributed by atoms with Crippen LogP contribution in [0, 0.1) is 0 Å². The van der Waals surface area contributed by atoms with Gasteiger partial charge in [-0.15, -0.1) is 11.3 Å². The van der Waals surface area contributed by atoms with E-state index >= 15 is 0 Å². The second-order valence-electron chi connectivity index (χ2n) is 5.53. The zero-order valence-electron chi connectivity index (χ0n) is 12.1. The third-order valence-electron chi connectivity index (χ3n) is 4.17. The molecular formula is C17H18ClNO2S. The van der Waals surface area contributed by atoms with E-state index in [0.29, 0.717) is 11.4 Å². The third kappa shape index (κ3) is 3.05. The van der Waals surface area contributed by atoms with Gasteiger partial charge in [-0.25, -0.2) is 0 Å². The fourth-order valence-corrected chi connectivity index (χ4v) is 4.27. The number of halogens is 1. The van der Waals surface area contributed by atoms with Crippen molar-refractivity contribution in [3.8, 4) is 0 Å². The van der Waals surface area contributed by atoms with Crippen LogP contribution in [0.3, 0.4) is 0 Å². The van der Waals surface area contributed by atoms with Gasteiger partial charge in [-0.05, 0) is 42.5 Å². The molecule has 2 aromatic rings. The molecule has 1 aliphatic heterocycles. The van der Waals surface area contributed by atoms with Gasteiger partial charge in [0.05, 0.1) is 6.04 Å². The smallest absolute Gasteiger partial charge is 0.320 e. The van der Waals surface area contributed by atoms with Crippen LogP contribution >= 0.6 is 22.9 Å². The number of benzene rings is 1. The number of nitrogens with zero attached hydrogens (tertiary/aromatic N) is 1. The van der Waals surface area contributed by atoms with Crippen molar-refractivity contribution in [2.75, 3.05) is 6.54 Å². The summed E-state index contributed by atoms with van der Waals surface area (Å²) < 4.78 is 0. The van der Waals surface area contributed by atoms with E-state index in [-0.39, 0.29) is 6.04 Å². The van der Waals surface area contributed by atoms with E-state index < -0.39 is 12.0 Å². The highest BCUT2D eigenvalue weighted by atomic mass is 35.5. The van der Waals surface area contributed by atoms with Crippen LogP contribution in [0.5, 0.6) is 0 Å². The summed E-state index contributed by atoms with van der Waals surface area (Å²) in [5.74, 6) is -0.742. The summed E-state index contributed by atoms with van der Waals surface area (Å²) in [6.45, 7) is 0.782. The van der Waals surface area contributed by atoms with Crippen molar-refractivity contribution >= 4 is 28.9 Å². The number of likely N-dealkylation sites (tertiary alicyclic amines) is 1. The zero-order chi connectivity index (χ0) is 15.5. The molecular weight excluding hydrogens is 318 g/mol. The van der Waals surface area contributed by atoms with E-state index in [2.05, 4.69) is 11.0 Å². The molecule has 1 aromatic heterocycles. The van der Waals surface area contributed by atoms with Gasteiger partial charge in [-0.2, -0.15) is 0 Å². The molecule has 0 spiro atoms. The number of piperidine rings is 1. The van der Waals surface area contributed by atoms with Crippen LogP contribution in [0.25, 0.3) is 0 Å². The summed E-state index contributed by atoms with van der Waals surface area (Å²) in [6.07, 6.45) is 2.69. The Kier molecular flexibility index (Phi) is 4.81. The van der Waals surface area contributed by atoms with Crippen molar-refractivity contribution < 1.29 is 9.90 Å². The highest BCUT2D eigenvalue weighted by molar-refractivity contribution is 7.10. The number of hydrogen-bond donors (Lipinski definition) is 1. The first-order chi connectivity index (χ1) is 10.7. The minimum atomic E-state index is -0.742. The molecule has 1 aliphatic rings. The van der Waals surface area contributed by atoms with Crippen molar-refractivity contribution in [3.05, 3.63) is 57.2 Å². The molecule has 1 fully saturated rings. The van der Waals surface area contributed by atoms with Crippen molar-refractivity contribution in [3.63, 3.8) is 0 Å². The van der Waals surface area contributed by atoms with Gasteiger partial charge in [0.2, 0.25) is 0 Å². The summed E-state index contributed by atoms with van der Waals surface area (Å²) in [6, 6.07) is 11.3. The van der Waals surface area contributed by atoms with Gasteiger partial charge < -0.3 is 5.11 Å². The molecule has 0 bridgehead atoms. The molecule has 5 heteroatoms. The largest absolute Gasteiger partial charge is 0.480 e. The molecule has 1 aromatic carbocycles. The number of rotatable bonds is 4. The number of thiophene rings is 1. The van der Waals surface area contributed by atoms with E-state index in [1.165, 1.54) is 0 Å². The van der Waals surface area contributed by atoms with Crippen LogP contribution in [-0.2, 0) is 4.79 Å². The predicted octanol–water partition coefficient (Wildman–Crippen LogP) is 4.43. The second kappa shape index (κ2) is 6.82. The molecule has 0 radical (unpaired) electrons. The third-order valence-corrected chi connectivity index (χ3v) is 5.44. The van der Waals surface area contributed by atoms with Crippen molar-refractivity contribution in [1.29, 1.82) is 0 Å². The van der Waals surface area contributed by atoms with Crippen LogP contribution in [0.1, 0.15) is 35.7 Å². The summed E-state index contributed by atoms with van der Waals surface area (Å²) in [5, 5.41) is 12.3. The number of aliphatic carboxylic acids is 1. The Labute approximate surface area is 139 Å². The Bertz CT molecular complexity index is 644. The lowest BCUT2D eigenvalue weighted by Gasteiger charge is -2.39. The van der Waals surface area contributed by atoms with Gasteiger partial charge in [0.25, 0.3) is 0 Å². The normalized spacial score (nSPS) is 20.7. The summed E-state index contributed by atoms with van der Waals surface area (Å²) in [5.41, 5.74) is 0.986. The first-order valence-electron chi connectivity index (χ1n) is 7.45. The first kappa shape index (κ1) is 15.5. The molecule has 0 amide bonds. The van der Waals surface area contributed by atoms with Crippen LogP contribution in [-0.4, -0.2) is 28.6 Å². The van der Waals surface area contributed by atoms with Gasteiger partial charge in [-0.1, -0.05) is 42.3 Å². The van der Waals surface area contributed by atoms with Crippen LogP contribution in [0.2, 0.25) is 5.02 Å². The molecule has 1 N–H and O–H groups in total. The molecule has 1 saturated heterocycles. The summed E-state index contributed by atoms with van der Waals surface area (Å²) in [7, 11) is 0. The van der Waals surface area contributed by atoms with Crippen LogP contribution in [0.4, 0.5) is 0 Å². The molecule has 0 aliphatic carbocycles. The molecule has 2 atom stereocenters. The number of carbonyl (C=O) groups is 1. The average Bonchev–Trinajstić information content (AvgIpc) is 3.04. The highest BCUT2D eigenvalue weighted by Crippen LogP contribution is 2.38. The molecule has 2 heterocycles. The monoisotopic (exact) mass is 335 g/mol. The maximum absolute atomic E-state index is 11.7. The molecule has 22 heavy (non-hydrogen) atoms. The predicted molar refractivity (Wildman–Crippen MR) is 89.6 cm³/mol. The fraction of sp³-hybridized carbons (Fsp3) is 0.353. The molecule has 116 valence electrons. The van der Waals surface area contributed by atoms with Gasteiger partial charge in [0, 0.05) is 9.90 Å². The van der Waals surface area contributed by atoms with E-state index in [0.717, 1.165) is 29.8 Å². The molecule has 2 unspecified atom stereocenters. The first-order valence-corrected chi connectivity index (χ1v) is 8.70. The second-order valence-corrected chi connectivity index (χ2v) is 6.91. The number of hydrogen-bond acceptors (Lipinski definition) is 3. The Hall–Kier alpha value is -1.36. The van der Waals surface area contributed by atoms with Gasteiger partial charge in [0.1, 0.15) is 6.04 Å². The van der Waals surface area contributed by atoms with Crippen molar-refractivity contribution in [1.82, 2.24) is 4.90 Å². The van der Waals surface area contributed by atoms with Gasteiger partial charge in [0.15, 0.2) is 0 Å². The minimum absolute atomic E-state index is 0.0879. The highest BCUT2D eigenvalue weighted by Gasteiger charge is 2.36. The Balaban J connectivity index is 2.05. The SMILES string of the molecule is O=C(O)C1CCCCN1C(c1cccs1)c1ccccc1Cl. The summed E-state index contributed by atoms with van der Waals surface area (Å²) in [4.78, 5) is 14.9. The minimum Gasteiger partial charge on any atom is -0.480 e. The molecule has 0 saturated carbocycles. The number of carboxylic acids is 1. The van der Waals surface area contributed by atoms with E-state index in [1.54, 1.807) is 11.3 Å². The maximum Gasteiger partial charge on any atom is 0.320 e. The van der Waals surface area contributed by atoms with Crippen molar-refractivity contribution in [2.24, 2.45) is 0 Å². The Morgan fingerprint density at radius 2 is 2.09 bits per heavy atom. The zero-order valence-corrected chi connectivity index (χ0v) is 13.7. The van der Waals surface area contributed by atoms with E-state index in [9.17, 15) is 9.90 Å².